The minimum Gasteiger partial charge on any atom is -0.478 e. The highest BCUT2D eigenvalue weighted by molar-refractivity contribution is 6.31. The van der Waals surface area contributed by atoms with E-state index >= 15 is 0 Å². The van der Waals surface area contributed by atoms with Crippen LogP contribution in [0, 0.1) is 0 Å². The Hall–Kier alpha value is -2.33. The molecule has 124 valence electrons. The lowest BCUT2D eigenvalue weighted by Crippen LogP contribution is -2.08. The van der Waals surface area contributed by atoms with Crippen molar-refractivity contribution in [1.82, 2.24) is 9.55 Å². The lowest BCUT2D eigenvalue weighted by atomic mass is 10.1. The molecule has 3 aromatic rings. The minimum atomic E-state index is -0.928. The van der Waals surface area contributed by atoms with Crippen LogP contribution >= 0.6 is 11.6 Å². The molecule has 24 heavy (non-hydrogen) atoms. The first-order chi connectivity index (χ1) is 11.6. The number of hydrogen-bond donors (Lipinski definition) is 1. The van der Waals surface area contributed by atoms with Crippen molar-refractivity contribution >= 4 is 28.6 Å². The Bertz CT molecular complexity index is 886. The minimum absolute atomic E-state index is 0.293. The Morgan fingerprint density at radius 2 is 2.00 bits per heavy atom. The van der Waals surface area contributed by atoms with Gasteiger partial charge in [-0.3, -0.25) is 0 Å². The fourth-order valence-electron chi connectivity index (χ4n) is 2.91. The van der Waals surface area contributed by atoms with Gasteiger partial charge in [-0.15, -0.1) is 0 Å². The molecule has 0 unspecified atom stereocenters. The number of benzene rings is 2. The number of aromatic carboxylic acids is 1. The van der Waals surface area contributed by atoms with Gasteiger partial charge in [-0.2, -0.15) is 0 Å². The van der Waals surface area contributed by atoms with Gasteiger partial charge in [-0.25, -0.2) is 9.78 Å². The van der Waals surface area contributed by atoms with Gasteiger partial charge in [0.25, 0.3) is 0 Å². The van der Waals surface area contributed by atoms with E-state index in [1.54, 1.807) is 12.1 Å². The van der Waals surface area contributed by atoms with E-state index in [1.165, 1.54) is 0 Å². The third-order valence-corrected chi connectivity index (χ3v) is 4.49. The Labute approximate surface area is 145 Å². The summed E-state index contributed by atoms with van der Waals surface area (Å²) in [4.78, 5) is 16.3. The van der Waals surface area contributed by atoms with Crippen molar-refractivity contribution in [2.45, 2.75) is 32.7 Å². The maximum Gasteiger partial charge on any atom is 0.337 e. The summed E-state index contributed by atoms with van der Waals surface area (Å²) in [5, 5.41) is 10.2. The number of fused-ring (bicyclic) bond motifs is 1. The topological polar surface area (TPSA) is 55.1 Å². The summed E-state index contributed by atoms with van der Waals surface area (Å²) in [6.45, 7) is 2.86. The molecule has 0 amide bonds. The van der Waals surface area contributed by atoms with E-state index < -0.39 is 5.97 Å². The molecule has 0 radical (unpaired) electrons. The number of para-hydroxylation sites is 1. The molecule has 0 aliphatic heterocycles. The Morgan fingerprint density at radius 3 is 2.71 bits per heavy atom. The first kappa shape index (κ1) is 16.5. The molecular formula is C19H19ClN2O2. The summed E-state index contributed by atoms with van der Waals surface area (Å²) in [7, 11) is 0. The molecule has 2 aromatic carbocycles. The normalized spacial score (nSPS) is 11.1. The second kappa shape index (κ2) is 7.05. The summed E-state index contributed by atoms with van der Waals surface area (Å²) in [5.41, 5.74) is 2.69. The van der Waals surface area contributed by atoms with Gasteiger partial charge in [0, 0.05) is 18.0 Å². The number of nitrogens with zero attached hydrogens (tertiary/aromatic N) is 2. The molecule has 3 rings (SSSR count). The first-order valence-electron chi connectivity index (χ1n) is 8.06. The van der Waals surface area contributed by atoms with Gasteiger partial charge < -0.3 is 9.67 Å². The molecular weight excluding hydrogens is 324 g/mol. The summed E-state index contributed by atoms with van der Waals surface area (Å²) in [6.07, 6.45) is 2.58. The Kier molecular flexibility index (Phi) is 4.86. The predicted molar refractivity (Wildman–Crippen MR) is 95.9 cm³/mol. The molecule has 0 saturated heterocycles. The van der Waals surface area contributed by atoms with Crippen LogP contribution in [0.1, 0.15) is 41.5 Å². The standard InChI is InChI=1S/C19H19ClN2O2/c1-2-3-11-22-17(12-13-7-4-5-9-15(13)20)21-16-10-6-8-14(18(16)22)19(23)24/h4-10H,2-3,11-12H2,1H3,(H,23,24). The molecule has 1 aromatic heterocycles. The van der Waals surface area contributed by atoms with Crippen LogP contribution in [-0.4, -0.2) is 20.6 Å². The molecule has 0 bridgehead atoms. The zero-order valence-electron chi connectivity index (χ0n) is 13.5. The lowest BCUT2D eigenvalue weighted by Gasteiger charge is -2.10. The fourth-order valence-corrected chi connectivity index (χ4v) is 3.11. The molecule has 0 aliphatic carbocycles. The largest absolute Gasteiger partial charge is 0.478 e. The van der Waals surface area contributed by atoms with Crippen LogP contribution < -0.4 is 0 Å². The van der Waals surface area contributed by atoms with Gasteiger partial charge in [0.2, 0.25) is 0 Å². The fraction of sp³-hybridized carbons (Fsp3) is 0.263. The van der Waals surface area contributed by atoms with E-state index in [4.69, 9.17) is 11.6 Å². The highest BCUT2D eigenvalue weighted by Gasteiger charge is 2.18. The maximum atomic E-state index is 11.6. The van der Waals surface area contributed by atoms with Crippen LogP contribution in [0.3, 0.4) is 0 Å². The molecule has 0 atom stereocenters. The van der Waals surface area contributed by atoms with E-state index in [2.05, 4.69) is 11.9 Å². The average Bonchev–Trinajstić information content (AvgIpc) is 2.92. The second-order valence-electron chi connectivity index (χ2n) is 5.78. The number of carboxylic acids is 1. The van der Waals surface area contributed by atoms with Crippen molar-refractivity contribution in [3.05, 3.63) is 64.4 Å². The lowest BCUT2D eigenvalue weighted by molar-refractivity contribution is 0.0698. The highest BCUT2D eigenvalue weighted by Crippen LogP contribution is 2.25. The monoisotopic (exact) mass is 342 g/mol. The van der Waals surface area contributed by atoms with E-state index in [0.717, 1.165) is 30.8 Å². The number of unbranched alkanes of at least 4 members (excludes halogenated alkanes) is 1. The summed E-state index contributed by atoms with van der Waals surface area (Å²) in [5.74, 6) is -0.0807. The molecule has 1 heterocycles. The van der Waals surface area contributed by atoms with Crippen LogP contribution in [0.15, 0.2) is 42.5 Å². The third kappa shape index (κ3) is 3.15. The zero-order valence-corrected chi connectivity index (χ0v) is 14.3. The van der Waals surface area contributed by atoms with Crippen LogP contribution in [0.2, 0.25) is 5.02 Å². The van der Waals surface area contributed by atoms with E-state index in [-0.39, 0.29) is 0 Å². The number of hydrogen-bond acceptors (Lipinski definition) is 2. The van der Waals surface area contributed by atoms with Gasteiger partial charge in [-0.1, -0.05) is 49.2 Å². The zero-order chi connectivity index (χ0) is 17.1. The number of aromatic nitrogens is 2. The van der Waals surface area contributed by atoms with Crippen molar-refractivity contribution in [3.8, 4) is 0 Å². The van der Waals surface area contributed by atoms with E-state index in [9.17, 15) is 9.90 Å². The molecule has 4 nitrogen and oxygen atoms in total. The first-order valence-corrected chi connectivity index (χ1v) is 8.44. The number of aryl methyl sites for hydroxylation is 1. The van der Waals surface area contributed by atoms with Crippen molar-refractivity contribution in [2.24, 2.45) is 0 Å². The second-order valence-corrected chi connectivity index (χ2v) is 6.19. The van der Waals surface area contributed by atoms with Crippen molar-refractivity contribution < 1.29 is 9.90 Å². The van der Waals surface area contributed by atoms with Gasteiger partial charge in [0.05, 0.1) is 16.6 Å². The quantitative estimate of drug-likeness (QED) is 0.701. The van der Waals surface area contributed by atoms with Gasteiger partial charge in [-0.05, 0) is 30.2 Å². The molecule has 0 saturated carbocycles. The smallest absolute Gasteiger partial charge is 0.337 e. The number of halogens is 1. The van der Waals surface area contributed by atoms with Gasteiger partial charge in [0.15, 0.2) is 0 Å². The molecule has 0 spiro atoms. The summed E-state index contributed by atoms with van der Waals surface area (Å²) in [6, 6.07) is 12.9. The number of carbonyl (C=O) groups is 1. The summed E-state index contributed by atoms with van der Waals surface area (Å²) >= 11 is 6.28. The maximum absolute atomic E-state index is 11.6. The third-order valence-electron chi connectivity index (χ3n) is 4.12. The van der Waals surface area contributed by atoms with Gasteiger partial charge >= 0.3 is 5.97 Å². The Balaban J connectivity index is 2.14. The molecule has 0 aliphatic rings. The van der Waals surface area contributed by atoms with E-state index in [0.29, 0.717) is 28.0 Å². The number of rotatable bonds is 6. The van der Waals surface area contributed by atoms with Crippen LogP contribution in [0.5, 0.6) is 0 Å². The van der Waals surface area contributed by atoms with Crippen molar-refractivity contribution in [3.63, 3.8) is 0 Å². The number of carboxylic acid groups (broad SMARTS) is 1. The average molecular weight is 343 g/mol. The SMILES string of the molecule is CCCCn1c(Cc2ccccc2Cl)nc2cccc(C(=O)O)c21. The molecule has 1 N–H and O–H groups in total. The Morgan fingerprint density at radius 1 is 1.21 bits per heavy atom. The van der Waals surface area contributed by atoms with Crippen LogP contribution in [-0.2, 0) is 13.0 Å². The summed E-state index contributed by atoms with van der Waals surface area (Å²) < 4.78 is 2.03. The van der Waals surface area contributed by atoms with Crippen molar-refractivity contribution in [2.75, 3.05) is 0 Å². The molecule has 5 heteroatoms. The van der Waals surface area contributed by atoms with Gasteiger partial charge in [0.1, 0.15) is 5.82 Å². The van der Waals surface area contributed by atoms with E-state index in [1.807, 2.05) is 34.9 Å². The van der Waals surface area contributed by atoms with Crippen LogP contribution in [0.4, 0.5) is 0 Å². The van der Waals surface area contributed by atoms with Crippen molar-refractivity contribution in [1.29, 1.82) is 0 Å². The predicted octanol–water partition coefficient (Wildman–Crippen LogP) is 4.78. The molecule has 0 fully saturated rings. The number of imidazole rings is 1. The highest BCUT2D eigenvalue weighted by atomic mass is 35.5. The van der Waals surface area contributed by atoms with Crippen LogP contribution in [0.25, 0.3) is 11.0 Å².